The third kappa shape index (κ3) is 2.66. The van der Waals surface area contributed by atoms with Gasteiger partial charge in [-0.2, -0.15) is 0 Å². The first-order chi connectivity index (χ1) is 7.25. The predicted octanol–water partition coefficient (Wildman–Crippen LogP) is 1.72. The molecule has 0 radical (unpaired) electrons. The first-order valence-electron chi connectivity index (χ1n) is 5.54. The number of aryl methyl sites for hydroxylation is 1. The van der Waals surface area contributed by atoms with Crippen LogP contribution in [-0.4, -0.2) is 18.9 Å². The molecule has 1 heterocycles. The van der Waals surface area contributed by atoms with Gasteiger partial charge in [-0.25, -0.2) is 0 Å². The lowest BCUT2D eigenvalue weighted by molar-refractivity contribution is -0.121. The van der Waals surface area contributed by atoms with Gasteiger partial charge in [-0.05, 0) is 25.5 Å². The highest BCUT2D eigenvalue weighted by molar-refractivity contribution is 5.83. The normalized spacial score (nSPS) is 20.5. The van der Waals surface area contributed by atoms with Crippen molar-refractivity contribution < 1.29 is 4.79 Å². The minimum atomic E-state index is 0.242. The van der Waals surface area contributed by atoms with Gasteiger partial charge in [-0.15, -0.1) is 0 Å². The minimum Gasteiger partial charge on any atom is -0.316 e. The Morgan fingerprint density at radius 3 is 2.73 bits per heavy atom. The Balaban J connectivity index is 1.96. The topological polar surface area (TPSA) is 29.1 Å². The smallest absolute Gasteiger partial charge is 0.141 e. The van der Waals surface area contributed by atoms with E-state index < -0.39 is 0 Å². The number of Topliss-reactive ketones (excluding diaryl/α,β-unsaturated/α-hetero) is 1. The molecule has 1 aliphatic heterocycles. The largest absolute Gasteiger partial charge is 0.316 e. The molecule has 1 aromatic carbocycles. The molecule has 2 rings (SSSR count). The molecule has 15 heavy (non-hydrogen) atoms. The maximum atomic E-state index is 11.9. The van der Waals surface area contributed by atoms with Crippen LogP contribution in [0.15, 0.2) is 24.3 Å². The summed E-state index contributed by atoms with van der Waals surface area (Å²) in [6.45, 7) is 3.92. The monoisotopic (exact) mass is 203 g/mol. The predicted molar refractivity (Wildman–Crippen MR) is 60.9 cm³/mol. The van der Waals surface area contributed by atoms with Gasteiger partial charge in [0.2, 0.25) is 0 Å². The molecule has 0 spiro atoms. The molecule has 80 valence electrons. The van der Waals surface area contributed by atoms with Gasteiger partial charge in [0.25, 0.3) is 0 Å². The molecule has 1 saturated heterocycles. The summed E-state index contributed by atoms with van der Waals surface area (Å²) in [6, 6.07) is 8.23. The average Bonchev–Trinajstić information content (AvgIpc) is 2.74. The molecule has 1 atom stereocenters. The zero-order valence-corrected chi connectivity index (χ0v) is 9.12. The number of hydrogen-bond donors (Lipinski definition) is 1. The lowest BCUT2D eigenvalue weighted by atomic mass is 9.97. The van der Waals surface area contributed by atoms with Crippen LogP contribution >= 0.6 is 0 Å². The molecule has 0 bridgehead atoms. The van der Waals surface area contributed by atoms with Gasteiger partial charge in [-0.3, -0.25) is 4.79 Å². The van der Waals surface area contributed by atoms with Crippen LogP contribution < -0.4 is 5.32 Å². The van der Waals surface area contributed by atoms with Crippen molar-refractivity contribution in [2.24, 2.45) is 5.92 Å². The first kappa shape index (κ1) is 10.4. The molecular formula is C13H17NO. The number of rotatable bonds is 3. The third-order valence-corrected chi connectivity index (χ3v) is 3.01. The van der Waals surface area contributed by atoms with Gasteiger partial charge in [0.1, 0.15) is 5.78 Å². The van der Waals surface area contributed by atoms with Crippen molar-refractivity contribution in [2.75, 3.05) is 13.1 Å². The highest BCUT2D eigenvalue weighted by Crippen LogP contribution is 2.13. The van der Waals surface area contributed by atoms with Crippen molar-refractivity contribution in [3.8, 4) is 0 Å². The van der Waals surface area contributed by atoms with Crippen molar-refractivity contribution in [1.29, 1.82) is 0 Å². The van der Waals surface area contributed by atoms with E-state index in [1.165, 1.54) is 5.56 Å². The van der Waals surface area contributed by atoms with Crippen LogP contribution in [0, 0.1) is 12.8 Å². The summed E-state index contributed by atoms with van der Waals surface area (Å²) >= 11 is 0. The summed E-state index contributed by atoms with van der Waals surface area (Å²) in [7, 11) is 0. The second kappa shape index (κ2) is 4.58. The van der Waals surface area contributed by atoms with E-state index >= 15 is 0 Å². The van der Waals surface area contributed by atoms with E-state index in [2.05, 4.69) is 36.5 Å². The molecule has 1 aromatic rings. The van der Waals surface area contributed by atoms with E-state index in [9.17, 15) is 4.79 Å². The molecule has 0 aliphatic carbocycles. The summed E-state index contributed by atoms with van der Waals surface area (Å²) < 4.78 is 0. The molecule has 1 unspecified atom stereocenters. The van der Waals surface area contributed by atoms with Gasteiger partial charge >= 0.3 is 0 Å². The van der Waals surface area contributed by atoms with Crippen LogP contribution in [0.4, 0.5) is 0 Å². The zero-order valence-electron chi connectivity index (χ0n) is 9.12. The van der Waals surface area contributed by atoms with E-state index in [1.54, 1.807) is 0 Å². The van der Waals surface area contributed by atoms with Gasteiger partial charge in [0, 0.05) is 18.9 Å². The van der Waals surface area contributed by atoms with Crippen LogP contribution in [0.2, 0.25) is 0 Å². The molecular weight excluding hydrogens is 186 g/mol. The highest BCUT2D eigenvalue weighted by atomic mass is 16.1. The van der Waals surface area contributed by atoms with Gasteiger partial charge in [0.05, 0.1) is 0 Å². The second-order valence-corrected chi connectivity index (χ2v) is 4.32. The maximum Gasteiger partial charge on any atom is 0.141 e. The summed E-state index contributed by atoms with van der Waals surface area (Å²) in [5, 5.41) is 3.23. The molecule has 1 N–H and O–H groups in total. The maximum absolute atomic E-state index is 11.9. The molecule has 2 heteroatoms. The summed E-state index contributed by atoms with van der Waals surface area (Å²) in [4.78, 5) is 11.9. The Kier molecular flexibility index (Phi) is 3.17. The van der Waals surface area contributed by atoms with E-state index in [1.807, 2.05) is 0 Å². The van der Waals surface area contributed by atoms with Crippen LogP contribution in [0.5, 0.6) is 0 Å². The first-order valence-corrected chi connectivity index (χ1v) is 5.54. The van der Waals surface area contributed by atoms with E-state index in [4.69, 9.17) is 0 Å². The number of benzene rings is 1. The quantitative estimate of drug-likeness (QED) is 0.810. The Morgan fingerprint density at radius 2 is 2.13 bits per heavy atom. The van der Waals surface area contributed by atoms with Crippen molar-refractivity contribution in [3.63, 3.8) is 0 Å². The minimum absolute atomic E-state index is 0.242. The van der Waals surface area contributed by atoms with Gasteiger partial charge < -0.3 is 5.32 Å². The number of carbonyl (C=O) groups is 1. The Morgan fingerprint density at radius 1 is 1.40 bits per heavy atom. The van der Waals surface area contributed by atoms with Crippen molar-refractivity contribution in [3.05, 3.63) is 35.4 Å². The van der Waals surface area contributed by atoms with Crippen LogP contribution in [0.1, 0.15) is 17.5 Å². The number of carbonyl (C=O) groups excluding carboxylic acids is 1. The van der Waals surface area contributed by atoms with Gasteiger partial charge in [0.15, 0.2) is 0 Å². The lowest BCUT2D eigenvalue weighted by Gasteiger charge is -2.07. The summed E-state index contributed by atoms with van der Waals surface area (Å²) in [5.74, 6) is 0.621. The fourth-order valence-corrected chi connectivity index (χ4v) is 1.98. The SMILES string of the molecule is Cc1ccc(CC(=O)C2CCNC2)cc1. The van der Waals surface area contributed by atoms with E-state index in [-0.39, 0.29) is 5.92 Å². The van der Waals surface area contributed by atoms with Crippen molar-refractivity contribution in [2.45, 2.75) is 19.8 Å². The fourth-order valence-electron chi connectivity index (χ4n) is 1.98. The molecule has 0 aromatic heterocycles. The number of ketones is 1. The lowest BCUT2D eigenvalue weighted by Crippen LogP contribution is -2.19. The molecule has 0 amide bonds. The highest BCUT2D eigenvalue weighted by Gasteiger charge is 2.21. The van der Waals surface area contributed by atoms with E-state index in [0.29, 0.717) is 12.2 Å². The molecule has 0 saturated carbocycles. The van der Waals surface area contributed by atoms with Crippen molar-refractivity contribution in [1.82, 2.24) is 5.32 Å². The fraction of sp³-hybridized carbons (Fsp3) is 0.462. The van der Waals surface area contributed by atoms with Crippen LogP contribution in [0.25, 0.3) is 0 Å². The average molecular weight is 203 g/mol. The zero-order chi connectivity index (χ0) is 10.7. The Labute approximate surface area is 90.7 Å². The number of nitrogens with one attached hydrogen (secondary N) is 1. The summed E-state index contributed by atoms with van der Waals surface area (Å²) in [6.07, 6.45) is 1.59. The molecule has 1 fully saturated rings. The van der Waals surface area contributed by atoms with Crippen molar-refractivity contribution >= 4 is 5.78 Å². The second-order valence-electron chi connectivity index (χ2n) is 4.32. The molecule has 2 nitrogen and oxygen atoms in total. The summed E-state index contributed by atoms with van der Waals surface area (Å²) in [5.41, 5.74) is 2.38. The van der Waals surface area contributed by atoms with Gasteiger partial charge in [-0.1, -0.05) is 29.8 Å². The molecule has 1 aliphatic rings. The van der Waals surface area contributed by atoms with Crippen LogP contribution in [-0.2, 0) is 11.2 Å². The Hall–Kier alpha value is -1.15. The van der Waals surface area contributed by atoms with Crippen LogP contribution in [0.3, 0.4) is 0 Å². The third-order valence-electron chi connectivity index (χ3n) is 3.01. The standard InChI is InChI=1S/C13H17NO/c1-10-2-4-11(5-3-10)8-13(15)12-6-7-14-9-12/h2-5,12,14H,6-9H2,1H3. The Bertz CT molecular complexity index is 336. The van der Waals surface area contributed by atoms with E-state index in [0.717, 1.165) is 25.1 Å². The number of hydrogen-bond acceptors (Lipinski definition) is 2.